The Kier molecular flexibility index (Phi) is 4.31. The van der Waals surface area contributed by atoms with E-state index >= 15 is 0 Å². The van der Waals surface area contributed by atoms with E-state index in [0.717, 1.165) is 6.54 Å². The first kappa shape index (κ1) is 14.2. The fourth-order valence-electron chi connectivity index (χ4n) is 2.62. The van der Waals surface area contributed by atoms with Crippen LogP contribution in [-0.4, -0.2) is 46.3 Å². The standard InChI is InChI=1S/C14H17FN4OS/c15-10-6-11(7-16-14(20)13-3-4-17-18-13)19(8-10)9-12-2-1-5-21-12/h1-5,10-11H,6-9H2,(H,16,20)(H,17,18)/t10-,11-/m0/s1. The first-order chi connectivity index (χ1) is 10.2. The summed E-state index contributed by atoms with van der Waals surface area (Å²) in [4.78, 5) is 15.2. The molecule has 0 bridgehead atoms. The average molecular weight is 308 g/mol. The molecule has 2 aromatic rings. The zero-order valence-corrected chi connectivity index (χ0v) is 12.3. The third kappa shape index (κ3) is 3.48. The summed E-state index contributed by atoms with van der Waals surface area (Å²) in [5.74, 6) is -0.203. The van der Waals surface area contributed by atoms with Gasteiger partial charge in [-0.15, -0.1) is 11.3 Å². The summed E-state index contributed by atoms with van der Waals surface area (Å²) in [5, 5.41) is 11.2. The Balaban J connectivity index is 1.56. The van der Waals surface area contributed by atoms with Crippen LogP contribution in [0.1, 0.15) is 21.8 Å². The molecule has 0 aliphatic carbocycles. The molecule has 7 heteroatoms. The van der Waals surface area contributed by atoms with E-state index in [0.29, 0.717) is 25.2 Å². The number of carbonyl (C=O) groups is 1. The minimum Gasteiger partial charge on any atom is -0.349 e. The number of halogens is 1. The molecule has 1 aliphatic rings. The number of aromatic amines is 1. The van der Waals surface area contributed by atoms with E-state index in [4.69, 9.17) is 0 Å². The maximum absolute atomic E-state index is 13.7. The molecule has 0 spiro atoms. The summed E-state index contributed by atoms with van der Waals surface area (Å²) >= 11 is 1.67. The van der Waals surface area contributed by atoms with Crippen LogP contribution in [-0.2, 0) is 6.54 Å². The summed E-state index contributed by atoms with van der Waals surface area (Å²) in [7, 11) is 0. The lowest BCUT2D eigenvalue weighted by molar-refractivity contribution is 0.0935. The molecule has 0 unspecified atom stereocenters. The Bertz CT molecular complexity index is 572. The van der Waals surface area contributed by atoms with Crippen molar-refractivity contribution in [2.24, 2.45) is 0 Å². The first-order valence-corrected chi connectivity index (χ1v) is 7.78. The van der Waals surface area contributed by atoms with Crippen LogP contribution in [0.4, 0.5) is 4.39 Å². The molecule has 0 saturated carbocycles. The van der Waals surface area contributed by atoms with Crippen LogP contribution in [0.5, 0.6) is 0 Å². The minimum atomic E-state index is -0.820. The van der Waals surface area contributed by atoms with Gasteiger partial charge in [0.25, 0.3) is 5.91 Å². The highest BCUT2D eigenvalue weighted by atomic mass is 32.1. The van der Waals surface area contributed by atoms with E-state index in [2.05, 4.69) is 26.5 Å². The molecule has 5 nitrogen and oxygen atoms in total. The number of rotatable bonds is 5. The van der Waals surface area contributed by atoms with Crippen molar-refractivity contribution in [3.8, 4) is 0 Å². The van der Waals surface area contributed by atoms with Gasteiger partial charge in [0.15, 0.2) is 0 Å². The molecular weight excluding hydrogens is 291 g/mol. The highest BCUT2D eigenvalue weighted by molar-refractivity contribution is 7.09. The second kappa shape index (κ2) is 6.36. The van der Waals surface area contributed by atoms with Crippen LogP contribution < -0.4 is 5.32 Å². The molecular formula is C14H17FN4OS. The monoisotopic (exact) mass is 308 g/mol. The third-order valence-corrected chi connectivity index (χ3v) is 4.52. The van der Waals surface area contributed by atoms with Crippen molar-refractivity contribution in [1.82, 2.24) is 20.4 Å². The summed E-state index contributed by atoms with van der Waals surface area (Å²) in [6.45, 7) is 1.62. The molecule has 2 atom stereocenters. The number of amides is 1. The SMILES string of the molecule is O=C(NC[C@@H]1C[C@H](F)CN1Cc1cccs1)c1ccn[nH]1. The van der Waals surface area contributed by atoms with E-state index < -0.39 is 6.17 Å². The Morgan fingerprint density at radius 1 is 1.57 bits per heavy atom. The predicted octanol–water partition coefficient (Wildman–Crippen LogP) is 1.81. The second-order valence-electron chi connectivity index (χ2n) is 5.18. The van der Waals surface area contributed by atoms with Crippen LogP contribution in [0.2, 0.25) is 0 Å². The maximum atomic E-state index is 13.7. The van der Waals surface area contributed by atoms with Gasteiger partial charge in [-0.05, 0) is 23.9 Å². The van der Waals surface area contributed by atoms with E-state index in [1.807, 2.05) is 11.4 Å². The molecule has 1 amide bonds. The van der Waals surface area contributed by atoms with Crippen molar-refractivity contribution in [2.75, 3.05) is 13.1 Å². The molecule has 1 aliphatic heterocycles. The normalized spacial score (nSPS) is 22.5. The second-order valence-corrected chi connectivity index (χ2v) is 6.21. The van der Waals surface area contributed by atoms with Gasteiger partial charge in [0.1, 0.15) is 11.9 Å². The molecule has 2 N–H and O–H groups in total. The summed E-state index contributed by atoms with van der Waals surface area (Å²) in [5.41, 5.74) is 0.426. The fraction of sp³-hybridized carbons (Fsp3) is 0.429. The summed E-state index contributed by atoms with van der Waals surface area (Å²) in [6, 6.07) is 5.70. The Hall–Kier alpha value is -1.73. The Morgan fingerprint density at radius 2 is 2.48 bits per heavy atom. The number of thiophene rings is 1. The van der Waals surface area contributed by atoms with Crippen LogP contribution >= 0.6 is 11.3 Å². The maximum Gasteiger partial charge on any atom is 0.269 e. The van der Waals surface area contributed by atoms with E-state index in [-0.39, 0.29) is 11.9 Å². The van der Waals surface area contributed by atoms with Gasteiger partial charge in [-0.2, -0.15) is 5.10 Å². The number of hydrogen-bond acceptors (Lipinski definition) is 4. The smallest absolute Gasteiger partial charge is 0.269 e. The number of nitrogens with zero attached hydrogens (tertiary/aromatic N) is 2. The molecule has 0 radical (unpaired) electrons. The number of hydrogen-bond donors (Lipinski definition) is 2. The lowest BCUT2D eigenvalue weighted by Gasteiger charge is -2.23. The quantitative estimate of drug-likeness (QED) is 0.885. The highest BCUT2D eigenvalue weighted by Gasteiger charge is 2.32. The van der Waals surface area contributed by atoms with Crippen molar-refractivity contribution in [3.05, 3.63) is 40.3 Å². The van der Waals surface area contributed by atoms with Gasteiger partial charge in [-0.1, -0.05) is 6.07 Å². The number of H-pyrrole nitrogens is 1. The molecule has 1 fully saturated rings. The van der Waals surface area contributed by atoms with E-state index in [9.17, 15) is 9.18 Å². The number of alkyl halides is 1. The lowest BCUT2D eigenvalue weighted by Crippen LogP contribution is -2.39. The number of carbonyl (C=O) groups excluding carboxylic acids is 1. The van der Waals surface area contributed by atoms with Gasteiger partial charge in [0.05, 0.1) is 0 Å². The summed E-state index contributed by atoms with van der Waals surface area (Å²) < 4.78 is 13.7. The summed E-state index contributed by atoms with van der Waals surface area (Å²) in [6.07, 6.45) is 1.18. The van der Waals surface area contributed by atoms with Crippen molar-refractivity contribution in [1.29, 1.82) is 0 Å². The largest absolute Gasteiger partial charge is 0.349 e. The Labute approximate surface area is 126 Å². The van der Waals surface area contributed by atoms with Gasteiger partial charge in [-0.3, -0.25) is 14.8 Å². The Morgan fingerprint density at radius 3 is 3.19 bits per heavy atom. The topological polar surface area (TPSA) is 61.0 Å². The molecule has 2 aromatic heterocycles. The average Bonchev–Trinajstić information content (AvgIpc) is 3.18. The molecule has 112 valence electrons. The highest BCUT2D eigenvalue weighted by Crippen LogP contribution is 2.23. The number of nitrogens with one attached hydrogen (secondary N) is 2. The predicted molar refractivity (Wildman–Crippen MR) is 79.0 cm³/mol. The van der Waals surface area contributed by atoms with Crippen molar-refractivity contribution in [3.63, 3.8) is 0 Å². The van der Waals surface area contributed by atoms with E-state index in [1.54, 1.807) is 17.4 Å². The van der Waals surface area contributed by atoms with Gasteiger partial charge in [0.2, 0.25) is 0 Å². The zero-order chi connectivity index (χ0) is 14.7. The van der Waals surface area contributed by atoms with Crippen molar-refractivity contribution >= 4 is 17.2 Å². The third-order valence-electron chi connectivity index (χ3n) is 3.66. The van der Waals surface area contributed by atoms with E-state index in [1.165, 1.54) is 11.1 Å². The van der Waals surface area contributed by atoms with Crippen molar-refractivity contribution < 1.29 is 9.18 Å². The van der Waals surface area contributed by atoms with Gasteiger partial charge >= 0.3 is 0 Å². The zero-order valence-electron chi connectivity index (χ0n) is 11.5. The molecule has 3 heterocycles. The van der Waals surface area contributed by atoms with Crippen LogP contribution in [0.25, 0.3) is 0 Å². The molecule has 21 heavy (non-hydrogen) atoms. The minimum absolute atomic E-state index is 0.0361. The molecule has 3 rings (SSSR count). The number of aromatic nitrogens is 2. The first-order valence-electron chi connectivity index (χ1n) is 6.90. The number of likely N-dealkylation sites (tertiary alicyclic amines) is 1. The van der Waals surface area contributed by atoms with Crippen LogP contribution in [0.15, 0.2) is 29.8 Å². The van der Waals surface area contributed by atoms with Gasteiger partial charge in [0, 0.05) is 36.8 Å². The fourth-order valence-corrected chi connectivity index (χ4v) is 3.35. The van der Waals surface area contributed by atoms with Gasteiger partial charge in [-0.25, -0.2) is 4.39 Å². The van der Waals surface area contributed by atoms with Crippen molar-refractivity contribution in [2.45, 2.75) is 25.2 Å². The molecule has 0 aromatic carbocycles. The molecule has 1 saturated heterocycles. The van der Waals surface area contributed by atoms with Crippen LogP contribution in [0, 0.1) is 0 Å². The lowest BCUT2D eigenvalue weighted by atomic mass is 10.2. The van der Waals surface area contributed by atoms with Gasteiger partial charge < -0.3 is 5.32 Å². The van der Waals surface area contributed by atoms with Crippen LogP contribution in [0.3, 0.4) is 0 Å².